The van der Waals surface area contributed by atoms with Crippen LogP contribution in [0.4, 0.5) is 0 Å². The van der Waals surface area contributed by atoms with Crippen LogP contribution >= 0.6 is 7.82 Å². The van der Waals surface area contributed by atoms with Crippen LogP contribution in [-0.2, 0) is 27.9 Å². The van der Waals surface area contributed by atoms with Crippen LogP contribution in [0.15, 0.2) is 72.9 Å². The number of hydrogen-bond acceptors (Lipinski definition) is 7. The van der Waals surface area contributed by atoms with Crippen LogP contribution in [-0.4, -0.2) is 70.7 Å². The number of allylic oxidation sites excluding steroid dienone is 12. The first kappa shape index (κ1) is 60.9. The highest BCUT2D eigenvalue weighted by molar-refractivity contribution is 7.45. The molecule has 2 unspecified atom stereocenters. The van der Waals surface area contributed by atoms with Gasteiger partial charge in [0.1, 0.15) is 19.3 Å². The molecule has 9 heteroatoms. The molecule has 0 aliphatic heterocycles. The molecule has 0 aromatic heterocycles. The molecule has 0 spiro atoms. The van der Waals surface area contributed by atoms with Gasteiger partial charge in [0, 0.05) is 13.0 Å². The maximum atomic E-state index is 12.7. The molecule has 0 bridgehead atoms. The average molecular weight is 904 g/mol. The van der Waals surface area contributed by atoms with Crippen LogP contribution in [0.5, 0.6) is 0 Å². The van der Waals surface area contributed by atoms with Crippen molar-refractivity contribution in [2.45, 2.75) is 213 Å². The Bertz CT molecular complexity index is 1230. The monoisotopic (exact) mass is 904 g/mol. The summed E-state index contributed by atoms with van der Waals surface area (Å²) in [5.74, 6) is -0.414. The zero-order valence-electron chi connectivity index (χ0n) is 41.5. The molecule has 0 saturated heterocycles. The molecule has 0 amide bonds. The van der Waals surface area contributed by atoms with E-state index < -0.39 is 19.9 Å². The topological polar surface area (TPSA) is 94.1 Å². The zero-order valence-corrected chi connectivity index (χ0v) is 42.4. The van der Waals surface area contributed by atoms with Gasteiger partial charge in [-0.25, -0.2) is 0 Å². The van der Waals surface area contributed by atoms with Crippen LogP contribution in [0.25, 0.3) is 0 Å². The number of esters is 1. The van der Waals surface area contributed by atoms with Crippen molar-refractivity contribution in [2.24, 2.45) is 0 Å². The molecule has 0 heterocycles. The molecule has 0 fully saturated rings. The standard InChI is InChI=1S/C54H98NO7P/c1-6-8-10-12-14-16-18-20-22-24-26-27-28-30-32-34-36-38-40-42-44-46-49-59-51-53(52-61-63(57,58)60-50-48-55(3,4)5)62-54(56)47-45-43-41-39-37-35-33-31-29-25-23-21-19-17-15-13-11-9-7-2/h9,11,15,17,21,23,29,31,35,37,41,43,53H,6-8,10,12-14,16,18-20,22,24-28,30,32-34,36,38-40,42,44-52H2,1-5H3/b11-9-,17-15-,23-21-,31-29-,37-35-,43-41-. The number of phosphoric ester groups is 1. The minimum atomic E-state index is -4.55. The van der Waals surface area contributed by atoms with Gasteiger partial charge in [-0.1, -0.05) is 222 Å². The Hall–Kier alpha value is -2.06. The van der Waals surface area contributed by atoms with E-state index in [1.165, 1.54) is 128 Å². The molecule has 0 aliphatic carbocycles. The number of nitrogens with zero attached hydrogens (tertiary/aromatic N) is 1. The molecule has 0 rings (SSSR count). The third-order valence-electron chi connectivity index (χ3n) is 10.8. The van der Waals surface area contributed by atoms with Gasteiger partial charge < -0.3 is 27.9 Å². The number of likely N-dealkylation sites (N-methyl/N-ethyl adjacent to an activating group) is 1. The molecule has 0 N–H and O–H groups in total. The Morgan fingerprint density at radius 1 is 0.508 bits per heavy atom. The predicted octanol–water partition coefficient (Wildman–Crippen LogP) is 15.2. The molecular formula is C54H98NO7P. The Labute approximate surface area is 389 Å². The molecule has 0 aromatic rings. The fraction of sp³-hybridized carbons (Fsp3) is 0.759. The summed E-state index contributed by atoms with van der Waals surface area (Å²) < 4.78 is 34.6. The van der Waals surface area contributed by atoms with Gasteiger partial charge in [-0.15, -0.1) is 0 Å². The van der Waals surface area contributed by atoms with E-state index in [2.05, 4.69) is 74.6 Å². The minimum Gasteiger partial charge on any atom is -0.756 e. The molecule has 0 aliphatic rings. The number of carbonyl (C=O) groups excluding carboxylic acids is 1. The van der Waals surface area contributed by atoms with Crippen molar-refractivity contribution < 1.29 is 37.3 Å². The largest absolute Gasteiger partial charge is 0.756 e. The normalized spacial score (nSPS) is 14.2. The number of quaternary nitrogens is 1. The smallest absolute Gasteiger partial charge is 0.306 e. The lowest BCUT2D eigenvalue weighted by Crippen LogP contribution is -2.37. The average Bonchev–Trinajstić information content (AvgIpc) is 3.24. The maximum Gasteiger partial charge on any atom is 0.306 e. The fourth-order valence-electron chi connectivity index (χ4n) is 6.87. The summed E-state index contributed by atoms with van der Waals surface area (Å²) in [6.45, 7) is 5.21. The van der Waals surface area contributed by atoms with Crippen molar-refractivity contribution in [3.63, 3.8) is 0 Å². The molecule has 0 aromatic carbocycles. The first-order valence-electron chi connectivity index (χ1n) is 25.7. The molecular weight excluding hydrogens is 806 g/mol. The lowest BCUT2D eigenvalue weighted by Gasteiger charge is -2.28. The third kappa shape index (κ3) is 50.8. The van der Waals surface area contributed by atoms with Crippen LogP contribution in [0.3, 0.4) is 0 Å². The Kier molecular flexibility index (Phi) is 44.9. The highest BCUT2D eigenvalue weighted by atomic mass is 31.2. The number of hydrogen-bond donors (Lipinski definition) is 0. The van der Waals surface area contributed by atoms with Crippen molar-refractivity contribution in [2.75, 3.05) is 54.1 Å². The highest BCUT2D eigenvalue weighted by Gasteiger charge is 2.20. The van der Waals surface area contributed by atoms with E-state index >= 15 is 0 Å². The van der Waals surface area contributed by atoms with Crippen molar-refractivity contribution in [3.05, 3.63) is 72.9 Å². The molecule has 0 radical (unpaired) electrons. The SMILES string of the molecule is CC/C=C\C/C=C\C/C=C\C/C=C\C/C=C\C/C=C\CCC(=O)OC(COCCCCCCCCCCCCCCCCCCCCCCCC)COP(=O)([O-])OCC[N+](C)(C)C. The fourth-order valence-corrected chi connectivity index (χ4v) is 7.60. The second-order valence-electron chi connectivity index (χ2n) is 18.2. The second-order valence-corrected chi connectivity index (χ2v) is 19.6. The zero-order chi connectivity index (χ0) is 46.2. The van der Waals surface area contributed by atoms with E-state index in [1.807, 2.05) is 33.3 Å². The molecule has 366 valence electrons. The van der Waals surface area contributed by atoms with E-state index in [0.717, 1.165) is 51.4 Å². The van der Waals surface area contributed by atoms with Gasteiger partial charge >= 0.3 is 5.97 Å². The van der Waals surface area contributed by atoms with Crippen molar-refractivity contribution in [1.29, 1.82) is 0 Å². The van der Waals surface area contributed by atoms with Gasteiger partial charge in [-0.3, -0.25) is 9.36 Å². The van der Waals surface area contributed by atoms with E-state index in [1.54, 1.807) is 0 Å². The van der Waals surface area contributed by atoms with E-state index in [9.17, 15) is 14.3 Å². The summed E-state index contributed by atoms with van der Waals surface area (Å²) in [5, 5.41) is 0. The van der Waals surface area contributed by atoms with Crippen LogP contribution in [0, 0.1) is 0 Å². The summed E-state index contributed by atoms with van der Waals surface area (Å²) in [5.41, 5.74) is 0. The highest BCUT2D eigenvalue weighted by Crippen LogP contribution is 2.38. The lowest BCUT2D eigenvalue weighted by atomic mass is 10.0. The van der Waals surface area contributed by atoms with E-state index in [4.69, 9.17) is 18.5 Å². The van der Waals surface area contributed by atoms with Gasteiger partial charge in [0.25, 0.3) is 7.82 Å². The van der Waals surface area contributed by atoms with Crippen molar-refractivity contribution in [3.8, 4) is 0 Å². The van der Waals surface area contributed by atoms with Gasteiger partial charge in [-0.2, -0.15) is 0 Å². The van der Waals surface area contributed by atoms with Gasteiger partial charge in [0.05, 0.1) is 34.4 Å². The quantitative estimate of drug-likeness (QED) is 0.0197. The summed E-state index contributed by atoms with van der Waals surface area (Å²) in [6, 6.07) is 0. The van der Waals surface area contributed by atoms with Crippen molar-refractivity contribution in [1.82, 2.24) is 0 Å². The first-order valence-corrected chi connectivity index (χ1v) is 27.1. The molecule has 8 nitrogen and oxygen atoms in total. The van der Waals surface area contributed by atoms with Gasteiger partial charge in [0.15, 0.2) is 0 Å². The summed E-state index contributed by atoms with van der Waals surface area (Å²) >= 11 is 0. The van der Waals surface area contributed by atoms with Crippen LogP contribution in [0.1, 0.15) is 206 Å². The number of rotatable bonds is 47. The number of ether oxygens (including phenoxy) is 2. The van der Waals surface area contributed by atoms with Crippen LogP contribution < -0.4 is 4.89 Å². The maximum absolute atomic E-state index is 12.7. The molecule has 2 atom stereocenters. The van der Waals surface area contributed by atoms with E-state index in [0.29, 0.717) is 24.1 Å². The van der Waals surface area contributed by atoms with Gasteiger partial charge in [0.2, 0.25) is 0 Å². The summed E-state index contributed by atoms with van der Waals surface area (Å²) in [6.07, 6.45) is 60.9. The Balaban J connectivity index is 4.23. The van der Waals surface area contributed by atoms with Gasteiger partial charge in [-0.05, 0) is 51.4 Å². The van der Waals surface area contributed by atoms with Crippen LogP contribution in [0.2, 0.25) is 0 Å². The predicted molar refractivity (Wildman–Crippen MR) is 268 cm³/mol. The number of carbonyl (C=O) groups is 1. The van der Waals surface area contributed by atoms with E-state index in [-0.39, 0.29) is 26.2 Å². The van der Waals surface area contributed by atoms with Crippen molar-refractivity contribution >= 4 is 13.8 Å². The molecule has 63 heavy (non-hydrogen) atoms. The second kappa shape index (κ2) is 46.5. The number of phosphoric acid groups is 1. The Morgan fingerprint density at radius 2 is 0.889 bits per heavy atom. The Morgan fingerprint density at radius 3 is 1.29 bits per heavy atom. The first-order chi connectivity index (χ1) is 30.6. The lowest BCUT2D eigenvalue weighted by molar-refractivity contribution is -0.870. The molecule has 0 saturated carbocycles. The third-order valence-corrected chi connectivity index (χ3v) is 11.7. The number of unbranched alkanes of at least 4 members (excludes halogenated alkanes) is 21. The summed E-state index contributed by atoms with van der Waals surface area (Å²) in [7, 11) is 1.31. The summed E-state index contributed by atoms with van der Waals surface area (Å²) in [4.78, 5) is 25.1. The minimum absolute atomic E-state index is 0.0106.